The SMILES string of the molecule is CC1CCCN(c2ncnc(N3CCN(Cc4ccccc4)CC3)c2N)C1. The lowest BCUT2D eigenvalue weighted by Gasteiger charge is -2.37. The van der Waals surface area contributed by atoms with E-state index < -0.39 is 0 Å². The molecule has 1 unspecified atom stereocenters. The molecule has 1 aromatic carbocycles. The fourth-order valence-corrected chi connectivity index (χ4v) is 4.22. The Morgan fingerprint density at radius 1 is 0.963 bits per heavy atom. The number of hydrogen-bond donors (Lipinski definition) is 1. The summed E-state index contributed by atoms with van der Waals surface area (Å²) in [7, 11) is 0. The van der Waals surface area contributed by atoms with Gasteiger partial charge in [-0.25, -0.2) is 9.97 Å². The Morgan fingerprint density at radius 2 is 1.67 bits per heavy atom. The zero-order chi connectivity index (χ0) is 18.6. The molecule has 1 aromatic heterocycles. The predicted molar refractivity (Wildman–Crippen MR) is 111 cm³/mol. The summed E-state index contributed by atoms with van der Waals surface area (Å²) in [6.07, 6.45) is 4.17. The van der Waals surface area contributed by atoms with E-state index in [-0.39, 0.29) is 0 Å². The Labute approximate surface area is 162 Å². The zero-order valence-corrected chi connectivity index (χ0v) is 16.2. The van der Waals surface area contributed by atoms with Crippen LogP contribution >= 0.6 is 0 Å². The number of nitrogen functional groups attached to an aromatic ring is 1. The number of aromatic nitrogens is 2. The first-order chi connectivity index (χ1) is 13.2. The minimum absolute atomic E-state index is 0.693. The van der Waals surface area contributed by atoms with Crippen LogP contribution in [-0.4, -0.2) is 54.1 Å². The summed E-state index contributed by atoms with van der Waals surface area (Å²) in [5.74, 6) is 2.51. The largest absolute Gasteiger partial charge is 0.393 e. The Kier molecular flexibility index (Phi) is 5.43. The Morgan fingerprint density at radius 3 is 2.37 bits per heavy atom. The number of nitrogens with zero attached hydrogens (tertiary/aromatic N) is 5. The van der Waals surface area contributed by atoms with Crippen molar-refractivity contribution in [1.29, 1.82) is 0 Å². The van der Waals surface area contributed by atoms with Gasteiger partial charge < -0.3 is 15.5 Å². The number of piperidine rings is 1. The van der Waals surface area contributed by atoms with Gasteiger partial charge in [-0.05, 0) is 24.3 Å². The van der Waals surface area contributed by atoms with Gasteiger partial charge in [-0.15, -0.1) is 0 Å². The summed E-state index contributed by atoms with van der Waals surface area (Å²) in [6, 6.07) is 10.7. The first-order valence-electron chi connectivity index (χ1n) is 10.1. The highest BCUT2D eigenvalue weighted by molar-refractivity contribution is 5.76. The number of hydrogen-bond acceptors (Lipinski definition) is 6. The summed E-state index contributed by atoms with van der Waals surface area (Å²) >= 11 is 0. The maximum atomic E-state index is 6.53. The number of piperazine rings is 1. The molecule has 1 atom stereocenters. The van der Waals surface area contributed by atoms with Crippen molar-refractivity contribution in [3.05, 3.63) is 42.2 Å². The average molecular weight is 367 g/mol. The fraction of sp³-hybridized carbons (Fsp3) is 0.524. The van der Waals surface area contributed by atoms with E-state index in [1.165, 1.54) is 18.4 Å². The number of rotatable bonds is 4. The Balaban J connectivity index is 1.41. The van der Waals surface area contributed by atoms with E-state index in [9.17, 15) is 0 Å². The van der Waals surface area contributed by atoms with E-state index in [1.54, 1.807) is 6.33 Å². The third kappa shape index (κ3) is 4.16. The summed E-state index contributed by atoms with van der Waals surface area (Å²) < 4.78 is 0. The van der Waals surface area contributed by atoms with Gasteiger partial charge in [0.1, 0.15) is 12.0 Å². The van der Waals surface area contributed by atoms with Crippen LogP contribution in [-0.2, 0) is 6.54 Å². The minimum atomic E-state index is 0.693. The third-order valence-corrected chi connectivity index (χ3v) is 5.72. The van der Waals surface area contributed by atoms with Crippen molar-refractivity contribution < 1.29 is 0 Å². The summed E-state index contributed by atoms with van der Waals surface area (Å²) in [4.78, 5) is 16.2. The van der Waals surface area contributed by atoms with E-state index in [0.717, 1.165) is 63.1 Å². The molecule has 2 aromatic rings. The van der Waals surface area contributed by atoms with E-state index in [0.29, 0.717) is 5.92 Å². The molecule has 0 bridgehead atoms. The molecule has 2 saturated heterocycles. The van der Waals surface area contributed by atoms with Crippen molar-refractivity contribution in [2.75, 3.05) is 54.8 Å². The van der Waals surface area contributed by atoms with Gasteiger partial charge in [0.05, 0.1) is 0 Å². The molecular weight excluding hydrogens is 336 g/mol. The molecular formula is C21H30N6. The second-order valence-corrected chi connectivity index (χ2v) is 7.88. The van der Waals surface area contributed by atoms with E-state index in [4.69, 9.17) is 5.73 Å². The fourth-order valence-electron chi connectivity index (χ4n) is 4.22. The van der Waals surface area contributed by atoms with E-state index in [1.807, 2.05) is 0 Å². The summed E-state index contributed by atoms with van der Waals surface area (Å²) in [5, 5.41) is 0. The average Bonchev–Trinajstić information content (AvgIpc) is 2.70. The molecule has 0 aliphatic carbocycles. The Bertz CT molecular complexity index is 742. The molecule has 2 aliphatic rings. The maximum absolute atomic E-state index is 6.53. The number of nitrogens with two attached hydrogens (primary N) is 1. The predicted octanol–water partition coefficient (Wildman–Crippen LogP) is 2.62. The maximum Gasteiger partial charge on any atom is 0.157 e. The van der Waals surface area contributed by atoms with Gasteiger partial charge in [-0.1, -0.05) is 37.3 Å². The standard InChI is InChI=1S/C21H30N6/c1-17-6-5-9-27(14-17)21-19(22)20(23-16-24-21)26-12-10-25(11-13-26)15-18-7-3-2-4-8-18/h2-4,7-8,16-17H,5-6,9-15,22H2,1H3. The number of anilines is 3. The van der Waals surface area contributed by atoms with E-state index >= 15 is 0 Å². The molecule has 0 spiro atoms. The molecule has 3 heterocycles. The highest BCUT2D eigenvalue weighted by Gasteiger charge is 2.25. The van der Waals surface area contributed by atoms with Gasteiger partial charge in [0.2, 0.25) is 0 Å². The van der Waals surface area contributed by atoms with Crippen LogP contribution in [0, 0.1) is 5.92 Å². The highest BCUT2D eigenvalue weighted by atomic mass is 15.3. The lowest BCUT2D eigenvalue weighted by Crippen LogP contribution is -2.46. The number of benzene rings is 1. The van der Waals surface area contributed by atoms with Crippen LogP contribution in [0.1, 0.15) is 25.3 Å². The minimum Gasteiger partial charge on any atom is -0.393 e. The molecule has 144 valence electrons. The molecule has 2 fully saturated rings. The lowest BCUT2D eigenvalue weighted by molar-refractivity contribution is 0.249. The topological polar surface area (TPSA) is 61.5 Å². The van der Waals surface area contributed by atoms with Crippen LogP contribution in [0.2, 0.25) is 0 Å². The van der Waals surface area contributed by atoms with Crippen LogP contribution in [0.15, 0.2) is 36.7 Å². The molecule has 6 heteroatoms. The van der Waals surface area contributed by atoms with Crippen molar-refractivity contribution in [2.45, 2.75) is 26.3 Å². The van der Waals surface area contributed by atoms with Crippen LogP contribution in [0.4, 0.5) is 17.3 Å². The first kappa shape index (κ1) is 18.0. The normalized spacial score (nSPS) is 21.4. The van der Waals surface area contributed by atoms with Crippen LogP contribution in [0.5, 0.6) is 0 Å². The van der Waals surface area contributed by atoms with Crippen LogP contribution in [0.3, 0.4) is 0 Å². The quantitative estimate of drug-likeness (QED) is 0.898. The molecule has 2 aliphatic heterocycles. The van der Waals surface area contributed by atoms with Gasteiger partial charge in [-0.3, -0.25) is 4.90 Å². The second kappa shape index (κ2) is 8.13. The molecule has 4 rings (SSSR count). The van der Waals surface area contributed by atoms with Crippen molar-refractivity contribution in [2.24, 2.45) is 5.92 Å². The molecule has 6 nitrogen and oxygen atoms in total. The lowest BCUT2D eigenvalue weighted by atomic mass is 10.0. The molecule has 27 heavy (non-hydrogen) atoms. The molecule has 2 N–H and O–H groups in total. The summed E-state index contributed by atoms with van der Waals surface area (Å²) in [5.41, 5.74) is 8.64. The van der Waals surface area contributed by atoms with Crippen molar-refractivity contribution >= 4 is 17.3 Å². The van der Waals surface area contributed by atoms with Crippen molar-refractivity contribution in [3.8, 4) is 0 Å². The molecule has 0 radical (unpaired) electrons. The van der Waals surface area contributed by atoms with Crippen LogP contribution < -0.4 is 15.5 Å². The van der Waals surface area contributed by atoms with Crippen molar-refractivity contribution in [3.63, 3.8) is 0 Å². The van der Waals surface area contributed by atoms with Gasteiger partial charge >= 0.3 is 0 Å². The smallest absolute Gasteiger partial charge is 0.157 e. The van der Waals surface area contributed by atoms with Crippen LogP contribution in [0.25, 0.3) is 0 Å². The monoisotopic (exact) mass is 366 g/mol. The van der Waals surface area contributed by atoms with Crippen molar-refractivity contribution in [1.82, 2.24) is 14.9 Å². The first-order valence-corrected chi connectivity index (χ1v) is 10.1. The molecule has 0 amide bonds. The van der Waals surface area contributed by atoms with E-state index in [2.05, 4.69) is 61.9 Å². The zero-order valence-electron chi connectivity index (χ0n) is 16.2. The van der Waals surface area contributed by atoms with Gasteiger partial charge in [0.25, 0.3) is 0 Å². The second-order valence-electron chi connectivity index (χ2n) is 7.88. The van der Waals surface area contributed by atoms with Gasteiger partial charge in [0, 0.05) is 45.8 Å². The highest BCUT2D eigenvalue weighted by Crippen LogP contribution is 2.32. The van der Waals surface area contributed by atoms with Gasteiger partial charge in [-0.2, -0.15) is 0 Å². The third-order valence-electron chi connectivity index (χ3n) is 5.72. The van der Waals surface area contributed by atoms with Gasteiger partial charge in [0.15, 0.2) is 11.6 Å². The Hall–Kier alpha value is -2.34. The summed E-state index contributed by atoms with van der Waals surface area (Å²) in [6.45, 7) is 9.32. The molecule has 0 saturated carbocycles.